The summed E-state index contributed by atoms with van der Waals surface area (Å²) in [7, 11) is 0. The predicted molar refractivity (Wildman–Crippen MR) is 50.3 cm³/mol. The van der Waals surface area contributed by atoms with Crippen molar-refractivity contribution in [2.45, 2.75) is 25.8 Å². The molecule has 1 aliphatic carbocycles. The molecule has 2 nitrogen and oxygen atoms in total. The normalized spacial score (nSPS) is 13.5. The number of rotatable bonds is 2. The molecule has 0 radical (unpaired) electrons. The molecule has 0 aromatic heterocycles. The third-order valence-electron chi connectivity index (χ3n) is 2.61. The number of benzene rings is 1. The van der Waals surface area contributed by atoms with Gasteiger partial charge in [-0.25, -0.2) is 14.2 Å². The van der Waals surface area contributed by atoms with Gasteiger partial charge in [0.1, 0.15) is 5.82 Å². The van der Waals surface area contributed by atoms with Crippen molar-refractivity contribution in [2.75, 3.05) is 0 Å². The van der Waals surface area contributed by atoms with Gasteiger partial charge in [-0.05, 0) is 30.4 Å². The fourth-order valence-electron chi connectivity index (χ4n) is 1.91. The van der Waals surface area contributed by atoms with Crippen LogP contribution in [0, 0.1) is 5.82 Å². The van der Waals surface area contributed by atoms with Gasteiger partial charge in [-0.2, -0.15) is 0 Å². The van der Waals surface area contributed by atoms with Gasteiger partial charge in [0.15, 0.2) is 0 Å². The lowest BCUT2D eigenvalue weighted by atomic mass is 10.1. The molecule has 0 unspecified atom stereocenters. The van der Waals surface area contributed by atoms with Crippen molar-refractivity contribution in [3.63, 3.8) is 0 Å². The topological polar surface area (TPSA) is 29.4 Å². The first-order valence-corrected chi connectivity index (χ1v) is 4.65. The highest BCUT2D eigenvalue weighted by Crippen LogP contribution is 2.26. The van der Waals surface area contributed by atoms with E-state index in [1.807, 2.05) is 6.07 Å². The lowest BCUT2D eigenvalue weighted by Crippen LogP contribution is -1.95. The molecule has 0 saturated heterocycles. The molecule has 14 heavy (non-hydrogen) atoms. The quantitative estimate of drug-likeness (QED) is 0.520. The summed E-state index contributed by atoms with van der Waals surface area (Å²) in [6.45, 7) is 0.0998. The Hall–Kier alpha value is -1.47. The predicted octanol–water partition coefficient (Wildman–Crippen LogP) is 2.15. The first-order valence-electron chi connectivity index (χ1n) is 4.65. The van der Waals surface area contributed by atoms with E-state index in [1.54, 1.807) is 6.07 Å². The molecular weight excluding hydrogens is 181 g/mol. The molecule has 0 heterocycles. The van der Waals surface area contributed by atoms with Gasteiger partial charge in [-0.1, -0.05) is 12.1 Å². The summed E-state index contributed by atoms with van der Waals surface area (Å²) in [6, 6.07) is 3.64. The number of hydrogen-bond donors (Lipinski definition) is 0. The lowest BCUT2D eigenvalue weighted by Gasteiger charge is -2.04. The maximum absolute atomic E-state index is 13.7. The molecule has 0 atom stereocenters. The molecule has 0 aliphatic heterocycles. The summed E-state index contributed by atoms with van der Waals surface area (Å²) in [4.78, 5) is 13.3. The number of hydrogen-bond acceptors (Lipinski definition) is 2. The lowest BCUT2D eigenvalue weighted by molar-refractivity contribution is 0.561. The van der Waals surface area contributed by atoms with Gasteiger partial charge >= 0.3 is 0 Å². The van der Waals surface area contributed by atoms with Crippen LogP contribution in [0.1, 0.15) is 23.1 Å². The maximum Gasteiger partial charge on any atom is 0.235 e. The van der Waals surface area contributed by atoms with Gasteiger partial charge in [0.2, 0.25) is 6.08 Å². The summed E-state index contributed by atoms with van der Waals surface area (Å²) in [6.07, 6.45) is 4.21. The van der Waals surface area contributed by atoms with Crippen molar-refractivity contribution in [3.05, 3.63) is 34.6 Å². The van der Waals surface area contributed by atoms with Crippen LogP contribution in [0.15, 0.2) is 17.1 Å². The Bertz CT molecular complexity index is 408. The Balaban J connectivity index is 2.39. The number of fused-ring (bicyclic) bond motifs is 1. The SMILES string of the molecule is O=C=NCc1ccc2c(c1F)CCC2. The van der Waals surface area contributed by atoms with E-state index >= 15 is 0 Å². The summed E-state index contributed by atoms with van der Waals surface area (Å²) in [5.41, 5.74) is 2.40. The van der Waals surface area contributed by atoms with E-state index in [-0.39, 0.29) is 12.4 Å². The summed E-state index contributed by atoms with van der Waals surface area (Å²) in [5, 5.41) is 0. The molecule has 0 N–H and O–H groups in total. The molecule has 0 amide bonds. The Labute approximate surface area is 81.5 Å². The molecule has 1 aliphatic rings. The molecule has 2 rings (SSSR count). The third kappa shape index (κ3) is 1.47. The third-order valence-corrected chi connectivity index (χ3v) is 2.61. The van der Waals surface area contributed by atoms with Crippen molar-refractivity contribution in [2.24, 2.45) is 4.99 Å². The molecule has 0 bridgehead atoms. The fraction of sp³-hybridized carbons (Fsp3) is 0.364. The molecular formula is C11H10FNO. The van der Waals surface area contributed by atoms with Crippen LogP contribution < -0.4 is 0 Å². The van der Waals surface area contributed by atoms with E-state index in [9.17, 15) is 9.18 Å². The van der Waals surface area contributed by atoms with Crippen LogP contribution in [0.25, 0.3) is 0 Å². The molecule has 0 fully saturated rings. The van der Waals surface area contributed by atoms with Crippen molar-refractivity contribution in [1.29, 1.82) is 0 Å². The van der Waals surface area contributed by atoms with Crippen LogP contribution in [-0.4, -0.2) is 6.08 Å². The molecule has 0 saturated carbocycles. The van der Waals surface area contributed by atoms with Crippen LogP contribution in [0.5, 0.6) is 0 Å². The number of carbonyl (C=O) groups excluding carboxylic acids is 1. The monoisotopic (exact) mass is 191 g/mol. The molecule has 1 aromatic carbocycles. The average Bonchev–Trinajstić information content (AvgIpc) is 2.66. The number of nitrogens with zero attached hydrogens (tertiary/aromatic N) is 1. The minimum absolute atomic E-state index is 0.0998. The molecule has 1 aromatic rings. The van der Waals surface area contributed by atoms with Gasteiger partial charge in [-0.3, -0.25) is 0 Å². The largest absolute Gasteiger partial charge is 0.235 e. The highest BCUT2D eigenvalue weighted by molar-refractivity contribution is 5.38. The Morgan fingerprint density at radius 2 is 2.29 bits per heavy atom. The van der Waals surface area contributed by atoms with E-state index in [0.717, 1.165) is 30.4 Å². The van der Waals surface area contributed by atoms with Crippen LogP contribution >= 0.6 is 0 Å². The summed E-state index contributed by atoms with van der Waals surface area (Å²) in [5.74, 6) is -0.181. The average molecular weight is 191 g/mol. The van der Waals surface area contributed by atoms with Crippen LogP contribution in [0.2, 0.25) is 0 Å². The molecule has 0 spiro atoms. The summed E-state index contributed by atoms with van der Waals surface area (Å²) >= 11 is 0. The van der Waals surface area contributed by atoms with Crippen LogP contribution in [0.3, 0.4) is 0 Å². The molecule has 72 valence electrons. The first kappa shape index (κ1) is 9.10. The van der Waals surface area contributed by atoms with Crippen molar-refractivity contribution >= 4 is 6.08 Å². The van der Waals surface area contributed by atoms with Gasteiger partial charge < -0.3 is 0 Å². The van der Waals surface area contributed by atoms with E-state index in [4.69, 9.17) is 0 Å². The maximum atomic E-state index is 13.7. The standard InChI is InChI=1S/C11H10FNO/c12-11-9(6-13-7-14)5-4-8-2-1-3-10(8)11/h4-5H,1-3,6H2. The van der Waals surface area contributed by atoms with Crippen LogP contribution in [0.4, 0.5) is 4.39 Å². The van der Waals surface area contributed by atoms with Gasteiger partial charge in [0, 0.05) is 5.56 Å². The Morgan fingerprint density at radius 3 is 3.07 bits per heavy atom. The van der Waals surface area contributed by atoms with Crippen molar-refractivity contribution in [1.82, 2.24) is 0 Å². The number of isocyanates is 1. The zero-order chi connectivity index (χ0) is 9.97. The smallest absolute Gasteiger partial charge is 0.211 e. The fourth-order valence-corrected chi connectivity index (χ4v) is 1.91. The second-order valence-corrected chi connectivity index (χ2v) is 3.44. The van der Waals surface area contributed by atoms with Gasteiger partial charge in [0.25, 0.3) is 0 Å². The summed E-state index contributed by atoms with van der Waals surface area (Å²) < 4.78 is 13.7. The van der Waals surface area contributed by atoms with E-state index in [0.29, 0.717) is 5.56 Å². The highest BCUT2D eigenvalue weighted by atomic mass is 19.1. The first-order chi connectivity index (χ1) is 6.83. The van der Waals surface area contributed by atoms with Gasteiger partial charge in [0.05, 0.1) is 6.54 Å². The highest BCUT2D eigenvalue weighted by Gasteiger charge is 2.17. The van der Waals surface area contributed by atoms with Crippen molar-refractivity contribution < 1.29 is 9.18 Å². The number of aliphatic imine (C=N–C) groups is 1. The second kappa shape index (κ2) is 3.72. The van der Waals surface area contributed by atoms with E-state index in [2.05, 4.69) is 4.99 Å². The zero-order valence-corrected chi connectivity index (χ0v) is 7.72. The van der Waals surface area contributed by atoms with Crippen LogP contribution in [-0.2, 0) is 24.2 Å². The zero-order valence-electron chi connectivity index (χ0n) is 7.72. The number of halogens is 1. The van der Waals surface area contributed by atoms with Gasteiger partial charge in [-0.15, -0.1) is 0 Å². The number of aryl methyl sites for hydroxylation is 1. The minimum Gasteiger partial charge on any atom is -0.211 e. The van der Waals surface area contributed by atoms with E-state index < -0.39 is 0 Å². The minimum atomic E-state index is -0.181. The molecule has 3 heteroatoms. The van der Waals surface area contributed by atoms with Crippen molar-refractivity contribution in [3.8, 4) is 0 Å². The second-order valence-electron chi connectivity index (χ2n) is 3.44. The Morgan fingerprint density at radius 1 is 1.43 bits per heavy atom. The van der Waals surface area contributed by atoms with E-state index in [1.165, 1.54) is 6.08 Å². The Kier molecular flexibility index (Phi) is 2.42.